The largest absolute Gasteiger partial charge is 0.326 e. The number of aryl methyl sites for hydroxylation is 1. The van der Waals surface area contributed by atoms with Crippen molar-refractivity contribution in [3.8, 4) is 0 Å². The topological polar surface area (TPSA) is 70.6 Å². The molecule has 5 heteroatoms. The summed E-state index contributed by atoms with van der Waals surface area (Å²) < 4.78 is 0. The fraction of sp³-hybridized carbons (Fsp3) is 0.500. The lowest BCUT2D eigenvalue weighted by atomic mass is 9.89. The van der Waals surface area contributed by atoms with Gasteiger partial charge >= 0.3 is 0 Å². The molecule has 124 valence electrons. The molecule has 0 radical (unpaired) electrons. The Labute approximate surface area is 137 Å². The molecular weight excluding hydrogens is 290 g/mol. The van der Waals surface area contributed by atoms with Crippen LogP contribution >= 0.6 is 0 Å². The highest BCUT2D eigenvalue weighted by Crippen LogP contribution is 2.23. The monoisotopic (exact) mass is 315 g/mol. The predicted molar refractivity (Wildman–Crippen MR) is 92.3 cm³/mol. The quantitative estimate of drug-likeness (QED) is 0.646. The number of hydrogen-bond acceptors (Lipinski definition) is 3. The van der Waals surface area contributed by atoms with Crippen molar-refractivity contribution in [2.24, 2.45) is 11.0 Å². The smallest absolute Gasteiger partial charge is 0.243 e. The van der Waals surface area contributed by atoms with Crippen molar-refractivity contribution in [3.63, 3.8) is 0 Å². The number of nitrogens with one attached hydrogen (secondary N) is 2. The average molecular weight is 315 g/mol. The van der Waals surface area contributed by atoms with Gasteiger partial charge in [0.15, 0.2) is 0 Å². The predicted octanol–water partition coefficient (Wildman–Crippen LogP) is 3.40. The lowest BCUT2D eigenvalue weighted by Crippen LogP contribution is -2.29. The first kappa shape index (κ1) is 17.2. The minimum atomic E-state index is -0.137. The van der Waals surface area contributed by atoms with E-state index in [1.807, 2.05) is 31.2 Å². The zero-order valence-electron chi connectivity index (χ0n) is 13.9. The van der Waals surface area contributed by atoms with Crippen LogP contribution in [-0.4, -0.2) is 17.5 Å². The number of amides is 2. The summed E-state index contributed by atoms with van der Waals surface area (Å²) in [5, 5.41) is 6.87. The van der Waals surface area contributed by atoms with E-state index in [1.54, 1.807) is 6.92 Å². The first-order valence-corrected chi connectivity index (χ1v) is 8.24. The minimum absolute atomic E-state index is 0.0250. The summed E-state index contributed by atoms with van der Waals surface area (Å²) in [6.45, 7) is 3.74. The van der Waals surface area contributed by atoms with E-state index in [-0.39, 0.29) is 24.2 Å². The van der Waals surface area contributed by atoms with Gasteiger partial charge in [-0.15, -0.1) is 0 Å². The van der Waals surface area contributed by atoms with Crippen molar-refractivity contribution in [1.82, 2.24) is 5.43 Å². The second kappa shape index (κ2) is 8.46. The van der Waals surface area contributed by atoms with Crippen LogP contribution in [0.3, 0.4) is 0 Å². The van der Waals surface area contributed by atoms with Crippen LogP contribution < -0.4 is 10.7 Å². The Morgan fingerprint density at radius 2 is 1.78 bits per heavy atom. The number of carbonyl (C=O) groups excluding carboxylic acids is 2. The van der Waals surface area contributed by atoms with E-state index in [9.17, 15) is 9.59 Å². The second-order valence-electron chi connectivity index (χ2n) is 6.25. The van der Waals surface area contributed by atoms with E-state index in [0.29, 0.717) is 5.71 Å². The van der Waals surface area contributed by atoms with E-state index < -0.39 is 0 Å². The summed E-state index contributed by atoms with van der Waals surface area (Å²) in [5.41, 5.74) is 5.10. The van der Waals surface area contributed by atoms with E-state index in [2.05, 4.69) is 15.8 Å². The Balaban J connectivity index is 1.78. The van der Waals surface area contributed by atoms with Crippen LogP contribution in [0.1, 0.15) is 51.0 Å². The fourth-order valence-corrected chi connectivity index (χ4v) is 2.72. The van der Waals surface area contributed by atoms with Crippen molar-refractivity contribution in [2.45, 2.75) is 52.4 Å². The molecule has 1 aliphatic rings. The number of benzene rings is 1. The third-order valence-electron chi connectivity index (χ3n) is 4.08. The third-order valence-corrected chi connectivity index (χ3v) is 4.08. The maximum Gasteiger partial charge on any atom is 0.243 e. The SMILES string of the molecule is C/C(CC(=O)Nc1ccc(C)cc1)=N/NC(=O)C1CCCCC1. The molecule has 0 bridgehead atoms. The molecule has 0 heterocycles. The summed E-state index contributed by atoms with van der Waals surface area (Å²) in [6.07, 6.45) is 5.48. The standard InChI is InChI=1S/C18H25N3O2/c1-13-8-10-16(11-9-13)19-17(22)12-14(2)20-21-18(23)15-6-4-3-5-7-15/h8-11,15H,3-7,12H2,1-2H3,(H,19,22)(H,21,23)/b20-14-. The van der Waals surface area contributed by atoms with Crippen molar-refractivity contribution < 1.29 is 9.59 Å². The molecule has 0 aromatic heterocycles. The van der Waals surface area contributed by atoms with Gasteiger partial charge in [0.1, 0.15) is 0 Å². The Hall–Kier alpha value is -2.17. The van der Waals surface area contributed by atoms with E-state index in [0.717, 1.165) is 36.9 Å². The Bertz CT molecular complexity index is 572. The maximum absolute atomic E-state index is 12.0. The number of anilines is 1. The van der Waals surface area contributed by atoms with Gasteiger partial charge in [-0.2, -0.15) is 5.10 Å². The molecular formula is C18H25N3O2. The highest BCUT2D eigenvalue weighted by Gasteiger charge is 2.20. The molecule has 2 rings (SSSR count). The summed E-state index contributed by atoms with van der Waals surface area (Å²) in [6, 6.07) is 7.62. The Morgan fingerprint density at radius 1 is 1.13 bits per heavy atom. The van der Waals surface area contributed by atoms with Crippen LogP contribution in [0.4, 0.5) is 5.69 Å². The van der Waals surface area contributed by atoms with Crippen molar-refractivity contribution >= 4 is 23.2 Å². The zero-order chi connectivity index (χ0) is 16.7. The van der Waals surface area contributed by atoms with Gasteiger partial charge in [-0.1, -0.05) is 37.0 Å². The van der Waals surface area contributed by atoms with Crippen LogP contribution in [-0.2, 0) is 9.59 Å². The third kappa shape index (κ3) is 5.85. The van der Waals surface area contributed by atoms with Gasteiger partial charge in [-0.05, 0) is 38.8 Å². The highest BCUT2D eigenvalue weighted by molar-refractivity contribution is 6.05. The first-order chi connectivity index (χ1) is 11.0. The zero-order valence-corrected chi connectivity index (χ0v) is 13.9. The van der Waals surface area contributed by atoms with Gasteiger partial charge in [-0.25, -0.2) is 5.43 Å². The number of nitrogens with zero attached hydrogens (tertiary/aromatic N) is 1. The summed E-state index contributed by atoms with van der Waals surface area (Å²) >= 11 is 0. The molecule has 1 aromatic rings. The molecule has 1 aliphatic carbocycles. The Morgan fingerprint density at radius 3 is 2.43 bits per heavy atom. The average Bonchev–Trinajstić information content (AvgIpc) is 2.55. The molecule has 5 nitrogen and oxygen atoms in total. The van der Waals surface area contributed by atoms with E-state index in [1.165, 1.54) is 6.42 Å². The van der Waals surface area contributed by atoms with Gasteiger partial charge in [-0.3, -0.25) is 9.59 Å². The number of carbonyl (C=O) groups is 2. The van der Waals surface area contributed by atoms with Crippen LogP contribution in [0.25, 0.3) is 0 Å². The lowest BCUT2D eigenvalue weighted by molar-refractivity contribution is -0.126. The minimum Gasteiger partial charge on any atom is -0.326 e. The highest BCUT2D eigenvalue weighted by atomic mass is 16.2. The number of hydrazone groups is 1. The van der Waals surface area contributed by atoms with Gasteiger partial charge in [0.2, 0.25) is 11.8 Å². The summed E-state index contributed by atoms with van der Waals surface area (Å²) in [7, 11) is 0. The van der Waals surface area contributed by atoms with Crippen LogP contribution in [0.2, 0.25) is 0 Å². The molecule has 2 amide bonds. The molecule has 2 N–H and O–H groups in total. The van der Waals surface area contributed by atoms with Gasteiger partial charge in [0.05, 0.1) is 6.42 Å². The van der Waals surface area contributed by atoms with Gasteiger partial charge in [0, 0.05) is 17.3 Å². The maximum atomic E-state index is 12.0. The molecule has 0 unspecified atom stereocenters. The number of rotatable bonds is 5. The van der Waals surface area contributed by atoms with Crippen molar-refractivity contribution in [2.75, 3.05) is 5.32 Å². The van der Waals surface area contributed by atoms with E-state index >= 15 is 0 Å². The van der Waals surface area contributed by atoms with Crippen molar-refractivity contribution in [3.05, 3.63) is 29.8 Å². The lowest BCUT2D eigenvalue weighted by Gasteiger charge is -2.19. The summed E-state index contributed by atoms with van der Waals surface area (Å²) in [4.78, 5) is 23.9. The molecule has 0 aliphatic heterocycles. The second-order valence-corrected chi connectivity index (χ2v) is 6.25. The molecule has 0 saturated heterocycles. The van der Waals surface area contributed by atoms with Crippen LogP contribution in [0.5, 0.6) is 0 Å². The normalized spacial score (nSPS) is 16.0. The molecule has 0 spiro atoms. The molecule has 0 atom stereocenters. The summed E-state index contributed by atoms with van der Waals surface area (Å²) in [5.74, 6) is -0.0910. The van der Waals surface area contributed by atoms with Gasteiger partial charge < -0.3 is 5.32 Å². The Kier molecular flexibility index (Phi) is 6.32. The van der Waals surface area contributed by atoms with Gasteiger partial charge in [0.25, 0.3) is 0 Å². The molecule has 1 saturated carbocycles. The van der Waals surface area contributed by atoms with Crippen LogP contribution in [0, 0.1) is 12.8 Å². The fourth-order valence-electron chi connectivity index (χ4n) is 2.72. The molecule has 1 fully saturated rings. The van der Waals surface area contributed by atoms with Crippen molar-refractivity contribution in [1.29, 1.82) is 0 Å². The van der Waals surface area contributed by atoms with Crippen LogP contribution in [0.15, 0.2) is 29.4 Å². The molecule has 23 heavy (non-hydrogen) atoms. The first-order valence-electron chi connectivity index (χ1n) is 8.24. The number of hydrogen-bond donors (Lipinski definition) is 2. The molecule has 1 aromatic carbocycles. The van der Waals surface area contributed by atoms with E-state index in [4.69, 9.17) is 0 Å².